The molecule has 122 valence electrons. The van der Waals surface area contributed by atoms with Crippen molar-refractivity contribution >= 4 is 28.8 Å². The van der Waals surface area contributed by atoms with Crippen LogP contribution in [0.1, 0.15) is 23.4 Å². The first-order valence-corrected chi connectivity index (χ1v) is 8.51. The number of benzene rings is 1. The summed E-state index contributed by atoms with van der Waals surface area (Å²) >= 11 is 5.98. The Labute approximate surface area is 145 Å². The van der Waals surface area contributed by atoms with Gasteiger partial charge in [-0.05, 0) is 55.7 Å². The predicted molar refractivity (Wildman–Crippen MR) is 95.5 cm³/mol. The highest BCUT2D eigenvalue weighted by atomic mass is 35.5. The summed E-state index contributed by atoms with van der Waals surface area (Å²) in [5.41, 5.74) is 5.18. The van der Waals surface area contributed by atoms with Crippen LogP contribution in [0.15, 0.2) is 42.6 Å². The van der Waals surface area contributed by atoms with E-state index >= 15 is 0 Å². The van der Waals surface area contributed by atoms with E-state index < -0.39 is 0 Å². The molecule has 0 spiro atoms. The van der Waals surface area contributed by atoms with E-state index in [1.807, 2.05) is 18.3 Å². The summed E-state index contributed by atoms with van der Waals surface area (Å²) in [7, 11) is 0. The van der Waals surface area contributed by atoms with Gasteiger partial charge in [-0.15, -0.1) is 0 Å². The molecule has 2 aromatic heterocycles. The number of anilines is 1. The van der Waals surface area contributed by atoms with Gasteiger partial charge in [0.25, 0.3) is 0 Å². The fourth-order valence-electron chi connectivity index (χ4n) is 3.34. The number of nitrogens with zero attached hydrogens (tertiary/aromatic N) is 2. The van der Waals surface area contributed by atoms with Gasteiger partial charge in [-0.2, -0.15) is 0 Å². The molecule has 0 aliphatic heterocycles. The number of nitrogens with one attached hydrogen (secondary N) is 1. The molecule has 1 atom stereocenters. The quantitative estimate of drug-likeness (QED) is 0.766. The van der Waals surface area contributed by atoms with Crippen molar-refractivity contribution in [2.75, 3.05) is 5.32 Å². The van der Waals surface area contributed by atoms with Crippen molar-refractivity contribution in [1.82, 2.24) is 9.38 Å². The number of hydrogen-bond donors (Lipinski definition) is 1. The van der Waals surface area contributed by atoms with Crippen molar-refractivity contribution in [3.8, 4) is 0 Å². The summed E-state index contributed by atoms with van der Waals surface area (Å²) in [4.78, 5) is 17.3. The number of amides is 1. The minimum atomic E-state index is -0.0438. The topological polar surface area (TPSA) is 46.4 Å². The van der Waals surface area contributed by atoms with Gasteiger partial charge in [0.1, 0.15) is 5.65 Å². The molecule has 0 saturated heterocycles. The van der Waals surface area contributed by atoms with Crippen LogP contribution in [0.3, 0.4) is 0 Å². The third-order valence-corrected chi connectivity index (χ3v) is 4.83. The minimum absolute atomic E-state index is 0.0438. The molecule has 1 amide bonds. The summed E-state index contributed by atoms with van der Waals surface area (Å²) in [6, 6.07) is 11.4. The summed E-state index contributed by atoms with van der Waals surface area (Å²) in [5.74, 6) is 0.00247. The lowest BCUT2D eigenvalue weighted by molar-refractivity contribution is -0.120. The maximum atomic E-state index is 12.6. The number of imidazole rings is 1. The van der Waals surface area contributed by atoms with Crippen LogP contribution in [-0.4, -0.2) is 15.3 Å². The van der Waals surface area contributed by atoms with E-state index in [-0.39, 0.29) is 11.8 Å². The summed E-state index contributed by atoms with van der Waals surface area (Å²) in [6.45, 7) is 2.06. The SMILES string of the molecule is Cc1ccn2c3c(nc2c1)CCC(C(=O)Nc1cccc(Cl)c1)C3. The summed E-state index contributed by atoms with van der Waals surface area (Å²) < 4.78 is 2.11. The van der Waals surface area contributed by atoms with Crippen LogP contribution in [0.4, 0.5) is 5.69 Å². The number of aromatic nitrogens is 2. The number of carbonyl (C=O) groups is 1. The van der Waals surface area contributed by atoms with Crippen molar-refractivity contribution in [2.45, 2.75) is 26.2 Å². The summed E-state index contributed by atoms with van der Waals surface area (Å²) in [6.07, 6.45) is 4.42. The Morgan fingerprint density at radius 3 is 3.04 bits per heavy atom. The largest absolute Gasteiger partial charge is 0.326 e. The van der Waals surface area contributed by atoms with E-state index in [0.717, 1.165) is 35.6 Å². The lowest BCUT2D eigenvalue weighted by Gasteiger charge is -2.21. The molecule has 0 fully saturated rings. The van der Waals surface area contributed by atoms with Crippen LogP contribution in [0.5, 0.6) is 0 Å². The van der Waals surface area contributed by atoms with Crippen LogP contribution < -0.4 is 5.32 Å². The monoisotopic (exact) mass is 339 g/mol. The molecule has 4 rings (SSSR count). The average Bonchev–Trinajstić information content (AvgIpc) is 2.91. The highest BCUT2D eigenvalue weighted by Gasteiger charge is 2.28. The van der Waals surface area contributed by atoms with Crippen LogP contribution in [-0.2, 0) is 17.6 Å². The van der Waals surface area contributed by atoms with E-state index in [4.69, 9.17) is 16.6 Å². The zero-order chi connectivity index (χ0) is 16.7. The lowest BCUT2D eigenvalue weighted by Crippen LogP contribution is -2.28. The number of hydrogen-bond acceptors (Lipinski definition) is 2. The third-order valence-electron chi connectivity index (χ3n) is 4.60. The zero-order valence-electron chi connectivity index (χ0n) is 13.4. The Hall–Kier alpha value is -2.33. The number of rotatable bonds is 2. The first-order valence-electron chi connectivity index (χ1n) is 8.13. The van der Waals surface area contributed by atoms with Crippen molar-refractivity contribution in [3.63, 3.8) is 0 Å². The molecule has 1 unspecified atom stereocenters. The molecule has 2 heterocycles. The van der Waals surface area contributed by atoms with Crippen LogP contribution in [0.2, 0.25) is 5.02 Å². The maximum absolute atomic E-state index is 12.6. The minimum Gasteiger partial charge on any atom is -0.326 e. The standard InChI is InChI=1S/C19H18ClN3O/c1-12-7-8-23-17-10-13(5-6-16(17)22-18(23)9-12)19(24)21-15-4-2-3-14(20)11-15/h2-4,7-9,11,13H,5-6,10H2,1H3,(H,21,24). The van der Waals surface area contributed by atoms with Crippen molar-refractivity contribution < 1.29 is 4.79 Å². The second kappa shape index (κ2) is 5.95. The molecule has 1 N–H and O–H groups in total. The van der Waals surface area contributed by atoms with Gasteiger partial charge in [0, 0.05) is 34.9 Å². The molecule has 3 aromatic rings. The Kier molecular flexibility index (Phi) is 3.77. The smallest absolute Gasteiger partial charge is 0.227 e. The fraction of sp³-hybridized carbons (Fsp3) is 0.263. The lowest BCUT2D eigenvalue weighted by atomic mass is 9.89. The first kappa shape index (κ1) is 15.2. The van der Waals surface area contributed by atoms with Crippen LogP contribution in [0, 0.1) is 12.8 Å². The molecule has 0 bridgehead atoms. The molecule has 24 heavy (non-hydrogen) atoms. The van der Waals surface area contributed by atoms with E-state index in [9.17, 15) is 4.79 Å². The van der Waals surface area contributed by atoms with Gasteiger partial charge in [0.05, 0.1) is 5.69 Å². The highest BCUT2D eigenvalue weighted by molar-refractivity contribution is 6.30. The third kappa shape index (κ3) is 2.78. The second-order valence-corrected chi connectivity index (χ2v) is 6.81. The zero-order valence-corrected chi connectivity index (χ0v) is 14.2. The Bertz CT molecular complexity index is 932. The molecule has 1 aromatic carbocycles. The van der Waals surface area contributed by atoms with Gasteiger partial charge in [-0.3, -0.25) is 4.79 Å². The predicted octanol–water partition coefficient (Wildman–Crippen LogP) is 4.04. The molecule has 1 aliphatic carbocycles. The van der Waals surface area contributed by atoms with Gasteiger partial charge < -0.3 is 9.72 Å². The normalized spacial score (nSPS) is 16.8. The van der Waals surface area contributed by atoms with Gasteiger partial charge in [-0.1, -0.05) is 17.7 Å². The van der Waals surface area contributed by atoms with Gasteiger partial charge >= 0.3 is 0 Å². The second-order valence-electron chi connectivity index (χ2n) is 6.38. The van der Waals surface area contributed by atoms with E-state index in [0.29, 0.717) is 11.4 Å². The summed E-state index contributed by atoms with van der Waals surface area (Å²) in [5, 5.41) is 3.60. The number of carbonyl (C=O) groups excluding carboxylic acids is 1. The maximum Gasteiger partial charge on any atom is 0.227 e. The fourth-order valence-corrected chi connectivity index (χ4v) is 3.53. The number of aryl methyl sites for hydroxylation is 2. The van der Waals surface area contributed by atoms with Crippen molar-refractivity contribution in [1.29, 1.82) is 0 Å². The van der Waals surface area contributed by atoms with E-state index in [1.165, 1.54) is 5.56 Å². The molecule has 5 heteroatoms. The molecular weight excluding hydrogens is 322 g/mol. The molecular formula is C19H18ClN3O. The average molecular weight is 340 g/mol. The van der Waals surface area contributed by atoms with Crippen LogP contribution in [0.25, 0.3) is 5.65 Å². The first-order chi connectivity index (χ1) is 11.6. The number of fused-ring (bicyclic) bond motifs is 3. The number of pyridine rings is 1. The van der Waals surface area contributed by atoms with E-state index in [1.54, 1.807) is 12.1 Å². The molecule has 1 aliphatic rings. The Morgan fingerprint density at radius 1 is 1.33 bits per heavy atom. The van der Waals surface area contributed by atoms with Gasteiger partial charge in [0.2, 0.25) is 5.91 Å². The van der Waals surface area contributed by atoms with Crippen LogP contribution >= 0.6 is 11.6 Å². The van der Waals surface area contributed by atoms with Crippen molar-refractivity contribution in [3.05, 3.63) is 64.6 Å². The molecule has 0 radical (unpaired) electrons. The van der Waals surface area contributed by atoms with E-state index in [2.05, 4.69) is 28.8 Å². The van der Waals surface area contributed by atoms with Gasteiger partial charge in [-0.25, -0.2) is 4.98 Å². The molecule has 0 saturated carbocycles. The van der Waals surface area contributed by atoms with Crippen molar-refractivity contribution in [2.24, 2.45) is 5.92 Å². The molecule has 4 nitrogen and oxygen atoms in total. The van der Waals surface area contributed by atoms with Gasteiger partial charge in [0.15, 0.2) is 0 Å². The Morgan fingerprint density at radius 2 is 2.21 bits per heavy atom. The number of halogens is 1. The highest BCUT2D eigenvalue weighted by Crippen LogP contribution is 2.28. The Balaban J connectivity index is 1.57.